The van der Waals surface area contributed by atoms with Gasteiger partial charge in [-0.2, -0.15) is 8.42 Å². The summed E-state index contributed by atoms with van der Waals surface area (Å²) < 4.78 is 36.9. The van der Waals surface area contributed by atoms with Crippen LogP contribution >= 0.6 is 0 Å². The van der Waals surface area contributed by atoms with E-state index in [9.17, 15) is 13.0 Å². The van der Waals surface area contributed by atoms with Gasteiger partial charge in [-0.1, -0.05) is 4.74 Å². The zero-order valence-electron chi connectivity index (χ0n) is 9.49. The van der Waals surface area contributed by atoms with E-state index in [2.05, 4.69) is 14.9 Å². The normalized spacial score (nSPS) is 11.9. The molecule has 8 heteroatoms. The molecule has 0 unspecified atom stereocenters. The average Bonchev–Trinajstić information content (AvgIpc) is 2.01. The number of nitrogens with zero attached hydrogens (tertiary/aromatic N) is 1. The fraction of sp³-hybridized carbons (Fsp3) is 0.857. The van der Waals surface area contributed by atoms with Crippen molar-refractivity contribution in [3.63, 3.8) is 0 Å². The number of hydroxylamine groups is 1. The van der Waals surface area contributed by atoms with Gasteiger partial charge in [-0.3, -0.25) is 10.6 Å². The van der Waals surface area contributed by atoms with E-state index in [4.69, 9.17) is 0 Å². The Hall–Kier alpha value is -1.02. The van der Waals surface area contributed by atoms with Gasteiger partial charge >= 0.3 is 5.96 Å². The van der Waals surface area contributed by atoms with Crippen molar-refractivity contribution in [2.24, 2.45) is 0 Å². The third-order valence-corrected chi connectivity index (χ3v) is 1.78. The van der Waals surface area contributed by atoms with Gasteiger partial charge in [0.1, 0.15) is 5.54 Å². The maximum absolute atomic E-state index is 10.5. The van der Waals surface area contributed by atoms with Crippen LogP contribution in [0, 0.1) is 0 Å². The van der Waals surface area contributed by atoms with Crippen molar-refractivity contribution in [2.75, 3.05) is 14.1 Å². The largest absolute Gasteiger partial charge is 0.713 e. The molecule has 0 atom stereocenters. The van der Waals surface area contributed by atoms with Crippen LogP contribution in [0.5, 0.6) is 0 Å². The van der Waals surface area contributed by atoms with Gasteiger partial charge in [-0.05, 0) is 20.8 Å². The second kappa shape index (κ2) is 4.67. The first-order valence-corrected chi connectivity index (χ1v) is 5.63. The predicted molar refractivity (Wildman–Crippen MR) is 53.9 cm³/mol. The Balaban J connectivity index is 5.34. The number of guanidine groups is 1. The van der Waals surface area contributed by atoms with E-state index in [0.29, 0.717) is 0 Å². The lowest BCUT2D eigenvalue weighted by Gasteiger charge is -2.23. The summed E-state index contributed by atoms with van der Waals surface area (Å²) in [5.41, 5.74) is -0.682. The van der Waals surface area contributed by atoms with Crippen LogP contribution in [0.3, 0.4) is 0 Å². The number of hydrogen-bond acceptors (Lipinski definition) is 4. The van der Waals surface area contributed by atoms with Crippen molar-refractivity contribution in [2.45, 2.75) is 26.3 Å². The van der Waals surface area contributed by atoms with Gasteiger partial charge in [0.15, 0.2) is 0 Å². The highest BCUT2D eigenvalue weighted by molar-refractivity contribution is 7.80. The summed E-state index contributed by atoms with van der Waals surface area (Å²) >= 11 is 0. The highest BCUT2D eigenvalue weighted by Crippen LogP contribution is 2.09. The van der Waals surface area contributed by atoms with Crippen molar-refractivity contribution in [1.29, 1.82) is 0 Å². The lowest BCUT2D eigenvalue weighted by atomic mass is 10.1. The topological polar surface area (TPSA) is 93.5 Å². The van der Waals surface area contributed by atoms with Gasteiger partial charge in [0.2, 0.25) is 0 Å². The average molecular weight is 239 g/mol. The lowest BCUT2D eigenvalue weighted by Crippen LogP contribution is -2.48. The van der Waals surface area contributed by atoms with Crippen LogP contribution in [0.1, 0.15) is 20.8 Å². The van der Waals surface area contributed by atoms with Crippen molar-refractivity contribution >= 4 is 16.4 Å². The quantitative estimate of drug-likeness (QED) is 0.160. The Morgan fingerprint density at radius 3 is 1.87 bits per heavy atom. The third-order valence-electron chi connectivity index (χ3n) is 1.45. The Morgan fingerprint density at radius 2 is 1.67 bits per heavy atom. The first-order chi connectivity index (χ1) is 6.61. The molecule has 0 aromatic carbocycles. The summed E-state index contributed by atoms with van der Waals surface area (Å²) in [5.74, 6) is 0.280. The second-order valence-corrected chi connectivity index (χ2v) is 4.76. The second-order valence-electron chi connectivity index (χ2n) is 3.80. The molecule has 0 aromatic rings. The third kappa shape index (κ3) is 4.84. The summed E-state index contributed by atoms with van der Waals surface area (Å²) in [4.78, 5) is 0. The Morgan fingerprint density at radius 1 is 1.27 bits per heavy atom. The first-order valence-electron chi connectivity index (χ1n) is 4.30. The zero-order valence-corrected chi connectivity index (χ0v) is 10.3. The zero-order chi connectivity index (χ0) is 12.3. The van der Waals surface area contributed by atoms with Crippen molar-refractivity contribution in [3.8, 4) is 0 Å². The van der Waals surface area contributed by atoms with Crippen LogP contribution in [-0.2, 0) is 14.7 Å². The minimum atomic E-state index is -4.80. The molecule has 0 spiro atoms. The Bertz CT molecular complexity index is 336. The molecule has 0 saturated carbocycles. The molecular formula is C7H17N3O4S. The number of nitrogens with one attached hydrogen (secondary N) is 2. The molecule has 0 aromatic heterocycles. The fourth-order valence-corrected chi connectivity index (χ4v) is 1.38. The van der Waals surface area contributed by atoms with Crippen molar-refractivity contribution in [1.82, 2.24) is 10.6 Å². The van der Waals surface area contributed by atoms with E-state index < -0.39 is 15.9 Å². The molecular weight excluding hydrogens is 222 g/mol. The highest BCUT2D eigenvalue weighted by atomic mass is 32.3. The minimum absolute atomic E-state index is 0.280. The van der Waals surface area contributed by atoms with E-state index in [-0.39, 0.29) is 5.96 Å². The smallest absolute Gasteiger partial charge is 0.383 e. The van der Waals surface area contributed by atoms with Gasteiger partial charge in [0.05, 0.1) is 14.1 Å². The van der Waals surface area contributed by atoms with E-state index in [1.54, 1.807) is 34.9 Å². The molecule has 0 heterocycles. The van der Waals surface area contributed by atoms with E-state index >= 15 is 0 Å². The van der Waals surface area contributed by atoms with Gasteiger partial charge in [-0.15, -0.1) is 0 Å². The molecule has 2 N–H and O–H groups in total. The molecule has 0 radical (unpaired) electrons. The summed E-state index contributed by atoms with van der Waals surface area (Å²) in [7, 11) is -1.65. The predicted octanol–water partition coefficient (Wildman–Crippen LogP) is -1.02. The van der Waals surface area contributed by atoms with E-state index in [0.717, 1.165) is 4.74 Å². The molecule has 0 aliphatic heterocycles. The van der Waals surface area contributed by atoms with Crippen LogP contribution < -0.4 is 10.6 Å². The van der Waals surface area contributed by atoms with E-state index in [1.807, 2.05) is 0 Å². The molecule has 0 fully saturated rings. The minimum Gasteiger partial charge on any atom is -0.713 e. The summed E-state index contributed by atoms with van der Waals surface area (Å²) in [6, 6.07) is 0. The van der Waals surface area contributed by atoms with Crippen LogP contribution in [-0.4, -0.2) is 43.3 Å². The molecule has 90 valence electrons. The van der Waals surface area contributed by atoms with Gasteiger partial charge < -0.3 is 4.55 Å². The molecule has 0 rings (SSSR count). The number of rotatable bonds is 2. The van der Waals surface area contributed by atoms with Gasteiger partial charge in [0.25, 0.3) is 10.4 Å². The monoisotopic (exact) mass is 239 g/mol. The standard InChI is InChI=1S/C7H17N3O4S/c1-7(2,3)10(6(8-4)9-5)14-15(11,12)13/h1-5H3,(H2,8,9,11,12,13). The lowest BCUT2D eigenvalue weighted by molar-refractivity contribution is -0.796. The molecule has 0 aliphatic rings. The molecule has 0 aliphatic carbocycles. The van der Waals surface area contributed by atoms with Crippen LogP contribution in [0.2, 0.25) is 0 Å². The maximum atomic E-state index is 10.5. The summed E-state index contributed by atoms with van der Waals surface area (Å²) in [6.07, 6.45) is 0. The van der Waals surface area contributed by atoms with E-state index in [1.165, 1.54) is 0 Å². The Kier molecular flexibility index (Phi) is 4.35. The summed E-state index contributed by atoms with van der Waals surface area (Å²) in [6.45, 7) is 5.10. The van der Waals surface area contributed by atoms with Crippen LogP contribution in [0.4, 0.5) is 0 Å². The van der Waals surface area contributed by atoms with Crippen molar-refractivity contribution < 1.29 is 22.0 Å². The van der Waals surface area contributed by atoms with Crippen LogP contribution in [0.15, 0.2) is 0 Å². The van der Waals surface area contributed by atoms with Gasteiger partial charge in [-0.25, -0.2) is 4.28 Å². The molecule has 0 saturated heterocycles. The molecule has 15 heavy (non-hydrogen) atoms. The van der Waals surface area contributed by atoms with Crippen molar-refractivity contribution in [3.05, 3.63) is 0 Å². The Labute approximate surface area is 90.0 Å². The molecule has 7 nitrogen and oxygen atoms in total. The summed E-state index contributed by atoms with van der Waals surface area (Å²) in [5, 5.41) is 5.37. The molecule has 0 bridgehead atoms. The fourth-order valence-electron chi connectivity index (χ4n) is 0.904. The highest BCUT2D eigenvalue weighted by Gasteiger charge is 2.27. The maximum Gasteiger partial charge on any atom is 0.383 e. The SMILES string of the molecule is CNC(NC)=[N+](OS(=O)(=O)[O-])C(C)(C)C. The molecule has 0 amide bonds. The first kappa shape index (κ1) is 14.0. The van der Waals surface area contributed by atoms with Gasteiger partial charge in [0, 0.05) is 0 Å². The van der Waals surface area contributed by atoms with Crippen LogP contribution in [0.25, 0.3) is 0 Å². The number of hydrogen-bond donors (Lipinski definition) is 2.